The zero-order valence-electron chi connectivity index (χ0n) is 14.6. The van der Waals surface area contributed by atoms with Crippen LogP contribution in [0.3, 0.4) is 0 Å². The van der Waals surface area contributed by atoms with Gasteiger partial charge in [-0.2, -0.15) is 4.39 Å². The summed E-state index contributed by atoms with van der Waals surface area (Å²) in [6.07, 6.45) is -5.41. The van der Waals surface area contributed by atoms with E-state index in [1.165, 1.54) is 0 Å². The summed E-state index contributed by atoms with van der Waals surface area (Å²) >= 11 is 0. The molecule has 0 bridgehead atoms. The van der Waals surface area contributed by atoms with E-state index in [0.29, 0.717) is 12.1 Å². The van der Waals surface area contributed by atoms with Gasteiger partial charge in [0.05, 0.1) is 36.4 Å². The number of β-amino-alcohol motifs (C(OH)–C–C–N with tert-alkyl or cyclic N) is 1. The number of rotatable bonds is 7. The second-order valence-corrected chi connectivity index (χ2v) is 5.50. The molecule has 1 aromatic carbocycles. The van der Waals surface area contributed by atoms with Crippen molar-refractivity contribution in [2.24, 2.45) is 0 Å². The molecule has 0 unspecified atom stereocenters. The van der Waals surface area contributed by atoms with Gasteiger partial charge in [-0.15, -0.1) is 13.2 Å². The zero-order chi connectivity index (χ0) is 21.9. The molecule has 14 heteroatoms. The molecule has 0 atom stereocenters. The Morgan fingerprint density at radius 3 is 2.59 bits per heavy atom. The van der Waals surface area contributed by atoms with E-state index < -0.39 is 58.4 Å². The summed E-state index contributed by atoms with van der Waals surface area (Å²) in [5.74, 6) is -5.41. The highest BCUT2D eigenvalue weighted by molar-refractivity contribution is 6.08. The second-order valence-electron chi connectivity index (χ2n) is 5.50. The number of carbonyl (C=O) groups is 2. The number of aliphatic hydroxyl groups is 1. The number of nitrogens with zero attached hydrogens (tertiary/aromatic N) is 2. The number of hydrogen-bond donors (Lipinski definition) is 2. The lowest BCUT2D eigenvalue weighted by Crippen LogP contribution is -2.31. The first kappa shape index (κ1) is 21.9. The van der Waals surface area contributed by atoms with Gasteiger partial charge in [0.15, 0.2) is 5.75 Å². The third-order valence-corrected chi connectivity index (χ3v) is 3.70. The number of carbonyl (C=O) groups excluding carboxylic acids is 2. The summed E-state index contributed by atoms with van der Waals surface area (Å²) in [5.41, 5.74) is -2.94. The van der Waals surface area contributed by atoms with Crippen LogP contribution in [0.1, 0.15) is 0 Å². The predicted octanol–water partition coefficient (Wildman–Crippen LogP) is 1.31. The van der Waals surface area contributed by atoms with Crippen LogP contribution in [0, 0.1) is 15.9 Å². The number of ether oxygens (including phenoxy) is 2. The molecule has 29 heavy (non-hydrogen) atoms. The van der Waals surface area contributed by atoms with Crippen molar-refractivity contribution in [2.45, 2.75) is 6.36 Å². The lowest BCUT2D eigenvalue weighted by Gasteiger charge is -2.17. The van der Waals surface area contributed by atoms with Crippen LogP contribution in [0.15, 0.2) is 23.4 Å². The maximum atomic E-state index is 14.3. The van der Waals surface area contributed by atoms with Gasteiger partial charge < -0.3 is 24.8 Å². The van der Waals surface area contributed by atoms with E-state index in [1.807, 2.05) is 0 Å². The quantitative estimate of drug-likeness (QED) is 0.291. The van der Waals surface area contributed by atoms with Gasteiger partial charge in [-0.25, -0.2) is 4.79 Å². The van der Waals surface area contributed by atoms with E-state index in [9.17, 15) is 37.3 Å². The maximum absolute atomic E-state index is 14.3. The van der Waals surface area contributed by atoms with Crippen molar-refractivity contribution in [2.75, 3.05) is 32.1 Å². The number of anilines is 1. The Balaban J connectivity index is 2.55. The fourth-order valence-corrected chi connectivity index (χ4v) is 2.48. The molecule has 0 saturated carbocycles. The van der Waals surface area contributed by atoms with Crippen LogP contribution in [0.4, 0.5) is 28.9 Å². The summed E-state index contributed by atoms with van der Waals surface area (Å²) in [5, 5.41) is 21.9. The molecule has 1 amide bonds. The smallest absolute Gasteiger partial charge is 0.466 e. The van der Waals surface area contributed by atoms with Gasteiger partial charge in [0.1, 0.15) is 5.70 Å². The molecule has 10 nitrogen and oxygen atoms in total. The van der Waals surface area contributed by atoms with E-state index in [1.54, 1.807) is 0 Å². The molecule has 1 heterocycles. The van der Waals surface area contributed by atoms with Crippen LogP contribution in [0.2, 0.25) is 0 Å². The number of alkyl halides is 3. The predicted molar refractivity (Wildman–Crippen MR) is 86.1 cm³/mol. The largest absolute Gasteiger partial charge is 0.573 e. The molecular formula is C15H13F4N3O7. The highest BCUT2D eigenvalue weighted by atomic mass is 19.4. The van der Waals surface area contributed by atoms with E-state index in [4.69, 9.17) is 5.11 Å². The van der Waals surface area contributed by atoms with E-state index in [0.717, 1.165) is 12.0 Å². The Morgan fingerprint density at radius 2 is 2.07 bits per heavy atom. The van der Waals surface area contributed by atoms with Crippen molar-refractivity contribution in [1.29, 1.82) is 0 Å². The van der Waals surface area contributed by atoms with Gasteiger partial charge in [0.2, 0.25) is 5.82 Å². The van der Waals surface area contributed by atoms with Crippen LogP contribution >= 0.6 is 0 Å². The minimum Gasteiger partial charge on any atom is -0.466 e. The molecular weight excluding hydrogens is 410 g/mol. The van der Waals surface area contributed by atoms with Crippen molar-refractivity contribution >= 4 is 23.3 Å². The first-order valence-electron chi connectivity index (χ1n) is 7.71. The SMILES string of the molecule is COC(=O)C1=C(Nc2ccc([N+](=O)[O-])c(F)c2OC(F)(F)F)C(=O)N(CCO)C1. The number of aliphatic hydroxyl groups excluding tert-OH is 1. The summed E-state index contributed by atoms with van der Waals surface area (Å²) in [4.78, 5) is 34.8. The fraction of sp³-hybridized carbons (Fsp3) is 0.333. The van der Waals surface area contributed by atoms with Gasteiger partial charge >= 0.3 is 18.0 Å². The Labute approximate surface area is 159 Å². The number of nitro benzene ring substituents is 1. The summed E-state index contributed by atoms with van der Waals surface area (Å²) in [6.45, 7) is -1.01. The molecule has 0 aromatic heterocycles. The topological polar surface area (TPSA) is 131 Å². The van der Waals surface area contributed by atoms with Gasteiger partial charge in [-0.1, -0.05) is 0 Å². The molecule has 0 fully saturated rings. The zero-order valence-corrected chi connectivity index (χ0v) is 14.6. The number of hydrogen-bond acceptors (Lipinski definition) is 8. The molecule has 2 N–H and O–H groups in total. The minimum atomic E-state index is -5.41. The van der Waals surface area contributed by atoms with Crippen molar-refractivity contribution in [3.8, 4) is 5.75 Å². The average molecular weight is 423 g/mol. The number of nitrogens with one attached hydrogen (secondary N) is 1. The first-order chi connectivity index (χ1) is 13.5. The third kappa shape index (κ3) is 4.71. The normalized spacial score (nSPS) is 14.3. The molecule has 0 saturated heterocycles. The molecule has 2 rings (SSSR count). The molecule has 158 valence electrons. The van der Waals surface area contributed by atoms with E-state index >= 15 is 0 Å². The van der Waals surface area contributed by atoms with Crippen LogP contribution < -0.4 is 10.1 Å². The van der Waals surface area contributed by atoms with Gasteiger partial charge in [-0.3, -0.25) is 14.9 Å². The molecule has 0 radical (unpaired) electrons. The standard InChI is InChI=1S/C15H13F4N3O7/c1-28-14(25)7-6-21(4-5-23)13(24)11(7)20-8-2-3-9(22(26)27)10(16)12(8)29-15(17,18)19/h2-3,20,23H,4-6H2,1H3. The molecule has 0 aliphatic carbocycles. The van der Waals surface area contributed by atoms with Crippen LogP contribution in [0.5, 0.6) is 5.75 Å². The molecule has 1 aromatic rings. The number of esters is 1. The number of nitro groups is 1. The molecule has 0 spiro atoms. The van der Waals surface area contributed by atoms with Crippen molar-refractivity contribution < 1.29 is 46.7 Å². The second kappa shape index (κ2) is 8.30. The Bertz CT molecular complexity index is 885. The Hall–Kier alpha value is -3.42. The van der Waals surface area contributed by atoms with Crippen LogP contribution in [-0.2, 0) is 14.3 Å². The highest BCUT2D eigenvalue weighted by Crippen LogP contribution is 2.39. The van der Waals surface area contributed by atoms with Gasteiger partial charge in [0.25, 0.3) is 5.91 Å². The Morgan fingerprint density at radius 1 is 1.41 bits per heavy atom. The maximum Gasteiger partial charge on any atom is 0.573 e. The van der Waals surface area contributed by atoms with Crippen molar-refractivity contribution in [3.05, 3.63) is 39.3 Å². The highest BCUT2D eigenvalue weighted by Gasteiger charge is 2.38. The number of methoxy groups -OCH3 is 1. The van der Waals surface area contributed by atoms with E-state index in [2.05, 4.69) is 14.8 Å². The van der Waals surface area contributed by atoms with Crippen LogP contribution in [-0.4, -0.2) is 60.0 Å². The number of halogens is 4. The van der Waals surface area contributed by atoms with Gasteiger partial charge in [-0.05, 0) is 6.07 Å². The lowest BCUT2D eigenvalue weighted by atomic mass is 10.2. The summed E-state index contributed by atoms with van der Waals surface area (Å²) in [7, 11) is 0.996. The van der Waals surface area contributed by atoms with Crippen molar-refractivity contribution in [1.82, 2.24) is 4.90 Å². The lowest BCUT2D eigenvalue weighted by molar-refractivity contribution is -0.387. The number of amides is 1. The Kier molecular flexibility index (Phi) is 6.26. The monoisotopic (exact) mass is 423 g/mol. The van der Waals surface area contributed by atoms with Crippen molar-refractivity contribution in [3.63, 3.8) is 0 Å². The summed E-state index contributed by atoms with van der Waals surface area (Å²) in [6, 6.07) is 1.25. The number of benzene rings is 1. The minimum absolute atomic E-state index is 0.203. The van der Waals surface area contributed by atoms with Gasteiger partial charge in [0, 0.05) is 12.6 Å². The fourth-order valence-electron chi connectivity index (χ4n) is 2.48. The first-order valence-corrected chi connectivity index (χ1v) is 7.71. The molecule has 1 aliphatic rings. The summed E-state index contributed by atoms with van der Waals surface area (Å²) < 4.78 is 60.3. The molecule has 1 aliphatic heterocycles. The van der Waals surface area contributed by atoms with Crippen LogP contribution in [0.25, 0.3) is 0 Å². The third-order valence-electron chi connectivity index (χ3n) is 3.70. The van der Waals surface area contributed by atoms with E-state index in [-0.39, 0.29) is 18.7 Å². The average Bonchev–Trinajstić information content (AvgIpc) is 2.93.